The first-order chi connectivity index (χ1) is 9.40. The van der Waals surface area contributed by atoms with Crippen molar-refractivity contribution in [2.75, 3.05) is 0 Å². The van der Waals surface area contributed by atoms with Crippen molar-refractivity contribution in [2.24, 2.45) is 0 Å². The van der Waals surface area contributed by atoms with E-state index in [-0.39, 0.29) is 11.4 Å². The third-order valence-electron chi connectivity index (χ3n) is 3.17. The predicted molar refractivity (Wildman–Crippen MR) is 74.5 cm³/mol. The monoisotopic (exact) mass is 272 g/mol. The van der Waals surface area contributed by atoms with E-state index in [9.17, 15) is 9.90 Å². The van der Waals surface area contributed by atoms with Crippen molar-refractivity contribution < 1.29 is 14.6 Å². The highest BCUT2D eigenvalue weighted by Crippen LogP contribution is 2.28. The lowest BCUT2D eigenvalue weighted by Crippen LogP contribution is -2.08. The van der Waals surface area contributed by atoms with E-state index in [1.54, 1.807) is 19.9 Å². The molecule has 1 heterocycles. The van der Waals surface area contributed by atoms with E-state index >= 15 is 0 Å². The molecular formula is C15H16N2O3. The van der Waals surface area contributed by atoms with E-state index in [1.807, 2.05) is 26.0 Å². The standard InChI is InChI=1S/C15H16N2O3/c1-8-5-6-12(9(2)7-8)20-14-13(15(18)19)10(3)11(4)16-17-14/h5-7H,1-4H3,(H,18,19). The molecule has 0 radical (unpaired) electrons. The zero-order valence-corrected chi connectivity index (χ0v) is 11.9. The van der Waals surface area contributed by atoms with Crippen molar-refractivity contribution >= 4 is 5.97 Å². The first kappa shape index (κ1) is 14.0. The molecular weight excluding hydrogens is 256 g/mol. The number of carbonyl (C=O) groups is 1. The fourth-order valence-electron chi connectivity index (χ4n) is 1.93. The van der Waals surface area contributed by atoms with Crippen LogP contribution in [0.2, 0.25) is 0 Å². The van der Waals surface area contributed by atoms with Crippen LogP contribution in [0.25, 0.3) is 0 Å². The van der Waals surface area contributed by atoms with Gasteiger partial charge in [0.2, 0.25) is 0 Å². The van der Waals surface area contributed by atoms with Crippen molar-refractivity contribution in [3.8, 4) is 11.6 Å². The number of carboxylic acid groups (broad SMARTS) is 1. The first-order valence-electron chi connectivity index (χ1n) is 6.22. The second kappa shape index (κ2) is 5.28. The third kappa shape index (κ3) is 2.61. The lowest BCUT2D eigenvalue weighted by molar-refractivity contribution is 0.0692. The number of ether oxygens (including phenoxy) is 1. The van der Waals surface area contributed by atoms with E-state index in [2.05, 4.69) is 10.2 Å². The Morgan fingerprint density at radius 2 is 1.85 bits per heavy atom. The average Bonchev–Trinajstić information content (AvgIpc) is 2.36. The highest BCUT2D eigenvalue weighted by atomic mass is 16.5. The van der Waals surface area contributed by atoms with Crippen LogP contribution >= 0.6 is 0 Å². The summed E-state index contributed by atoms with van der Waals surface area (Å²) in [5.41, 5.74) is 3.22. The van der Waals surface area contributed by atoms with Crippen molar-refractivity contribution in [2.45, 2.75) is 27.7 Å². The zero-order chi connectivity index (χ0) is 14.9. The number of nitrogens with zero attached hydrogens (tertiary/aromatic N) is 2. The summed E-state index contributed by atoms with van der Waals surface area (Å²) < 4.78 is 5.64. The van der Waals surface area contributed by atoms with Gasteiger partial charge in [-0.15, -0.1) is 5.10 Å². The van der Waals surface area contributed by atoms with Crippen LogP contribution in [0, 0.1) is 27.7 Å². The van der Waals surface area contributed by atoms with Gasteiger partial charge in [0.15, 0.2) is 0 Å². The van der Waals surface area contributed by atoms with Gasteiger partial charge in [-0.3, -0.25) is 0 Å². The van der Waals surface area contributed by atoms with E-state index < -0.39 is 5.97 Å². The Bertz CT molecular complexity index is 681. The fraction of sp³-hybridized carbons (Fsp3) is 0.267. The van der Waals surface area contributed by atoms with Crippen LogP contribution < -0.4 is 4.74 Å². The third-order valence-corrected chi connectivity index (χ3v) is 3.17. The van der Waals surface area contributed by atoms with Crippen LogP contribution in [0.15, 0.2) is 18.2 Å². The lowest BCUT2D eigenvalue weighted by atomic mass is 10.1. The Morgan fingerprint density at radius 3 is 2.45 bits per heavy atom. The van der Waals surface area contributed by atoms with Gasteiger partial charge in [-0.25, -0.2) is 4.79 Å². The van der Waals surface area contributed by atoms with Crippen LogP contribution in [0.5, 0.6) is 11.6 Å². The molecule has 0 bridgehead atoms. The average molecular weight is 272 g/mol. The van der Waals surface area contributed by atoms with Crippen LogP contribution in [0.3, 0.4) is 0 Å². The van der Waals surface area contributed by atoms with Crippen LogP contribution in [0.1, 0.15) is 32.7 Å². The molecule has 0 unspecified atom stereocenters. The molecule has 5 nitrogen and oxygen atoms in total. The highest BCUT2D eigenvalue weighted by Gasteiger charge is 2.20. The van der Waals surface area contributed by atoms with Gasteiger partial charge in [-0.2, -0.15) is 5.10 Å². The second-order valence-electron chi connectivity index (χ2n) is 4.77. The minimum absolute atomic E-state index is 0.0209. The number of benzene rings is 1. The number of rotatable bonds is 3. The summed E-state index contributed by atoms with van der Waals surface area (Å²) in [6, 6.07) is 5.66. The Labute approximate surface area is 117 Å². The molecule has 1 aromatic heterocycles. The van der Waals surface area contributed by atoms with Gasteiger partial charge in [0.25, 0.3) is 5.88 Å². The van der Waals surface area contributed by atoms with Crippen molar-refractivity contribution in [3.05, 3.63) is 46.1 Å². The molecule has 2 rings (SSSR count). The molecule has 0 aliphatic carbocycles. The Hall–Kier alpha value is -2.43. The van der Waals surface area contributed by atoms with Gasteiger partial charge in [0.05, 0.1) is 5.69 Å². The normalized spacial score (nSPS) is 10.4. The molecule has 0 saturated heterocycles. The predicted octanol–water partition coefficient (Wildman–Crippen LogP) is 3.20. The van der Waals surface area contributed by atoms with Crippen LogP contribution in [-0.4, -0.2) is 21.3 Å². The Kier molecular flexibility index (Phi) is 3.70. The zero-order valence-electron chi connectivity index (χ0n) is 11.9. The van der Waals surface area contributed by atoms with E-state index in [4.69, 9.17) is 4.74 Å². The molecule has 0 aliphatic heterocycles. The Balaban J connectivity index is 2.48. The van der Waals surface area contributed by atoms with Gasteiger partial charge in [-0.1, -0.05) is 17.7 Å². The highest BCUT2D eigenvalue weighted by molar-refractivity contribution is 5.92. The molecule has 2 aromatic rings. The number of carboxylic acids is 1. The van der Waals surface area contributed by atoms with Crippen molar-refractivity contribution in [1.29, 1.82) is 0 Å². The van der Waals surface area contributed by atoms with E-state index in [1.165, 1.54) is 0 Å². The smallest absolute Gasteiger partial charge is 0.341 e. The van der Waals surface area contributed by atoms with Gasteiger partial charge in [0.1, 0.15) is 11.3 Å². The molecule has 0 spiro atoms. The van der Waals surface area contributed by atoms with E-state index in [0.717, 1.165) is 11.1 Å². The summed E-state index contributed by atoms with van der Waals surface area (Å²) in [4.78, 5) is 11.4. The first-order valence-corrected chi connectivity index (χ1v) is 6.22. The topological polar surface area (TPSA) is 72.3 Å². The van der Waals surface area contributed by atoms with Gasteiger partial charge in [-0.05, 0) is 44.9 Å². The molecule has 1 aromatic carbocycles. The van der Waals surface area contributed by atoms with Gasteiger partial charge < -0.3 is 9.84 Å². The maximum Gasteiger partial charge on any atom is 0.341 e. The number of hydrogen-bond acceptors (Lipinski definition) is 4. The lowest BCUT2D eigenvalue weighted by Gasteiger charge is -2.12. The summed E-state index contributed by atoms with van der Waals surface area (Å²) in [5, 5.41) is 17.1. The van der Waals surface area contributed by atoms with Crippen molar-refractivity contribution in [1.82, 2.24) is 10.2 Å². The Morgan fingerprint density at radius 1 is 1.15 bits per heavy atom. The summed E-state index contributed by atoms with van der Waals surface area (Å²) >= 11 is 0. The fourth-order valence-corrected chi connectivity index (χ4v) is 1.93. The number of aryl methyl sites for hydroxylation is 3. The molecule has 1 N–H and O–H groups in total. The maximum absolute atomic E-state index is 11.4. The largest absolute Gasteiger partial charge is 0.477 e. The minimum Gasteiger partial charge on any atom is -0.477 e. The molecule has 0 atom stereocenters. The molecule has 5 heteroatoms. The summed E-state index contributed by atoms with van der Waals surface area (Å²) in [5.74, 6) is -0.469. The minimum atomic E-state index is -1.07. The van der Waals surface area contributed by atoms with E-state index in [0.29, 0.717) is 17.0 Å². The summed E-state index contributed by atoms with van der Waals surface area (Å²) in [6.07, 6.45) is 0. The molecule has 20 heavy (non-hydrogen) atoms. The molecule has 104 valence electrons. The summed E-state index contributed by atoms with van der Waals surface area (Å²) in [7, 11) is 0. The molecule has 0 aliphatic rings. The molecule has 0 saturated carbocycles. The number of aromatic carboxylic acids is 1. The molecule has 0 fully saturated rings. The number of aromatic nitrogens is 2. The van der Waals surface area contributed by atoms with Gasteiger partial charge in [0, 0.05) is 0 Å². The van der Waals surface area contributed by atoms with Crippen LogP contribution in [0.4, 0.5) is 0 Å². The van der Waals surface area contributed by atoms with Crippen molar-refractivity contribution in [3.63, 3.8) is 0 Å². The second-order valence-corrected chi connectivity index (χ2v) is 4.77. The van der Waals surface area contributed by atoms with Gasteiger partial charge >= 0.3 is 5.97 Å². The summed E-state index contributed by atoms with van der Waals surface area (Å²) in [6.45, 7) is 7.30. The quantitative estimate of drug-likeness (QED) is 0.928. The maximum atomic E-state index is 11.4. The number of hydrogen-bond donors (Lipinski definition) is 1. The van der Waals surface area contributed by atoms with Crippen LogP contribution in [-0.2, 0) is 0 Å². The molecule has 0 amide bonds. The SMILES string of the molecule is Cc1ccc(Oc2nnc(C)c(C)c2C(=O)O)c(C)c1.